The van der Waals surface area contributed by atoms with Gasteiger partial charge in [-0.15, -0.1) is 0 Å². The van der Waals surface area contributed by atoms with Crippen LogP contribution in [-0.2, 0) is 6.54 Å². The van der Waals surface area contributed by atoms with E-state index >= 15 is 0 Å². The van der Waals surface area contributed by atoms with Crippen LogP contribution >= 0.6 is 11.6 Å². The lowest BCUT2D eigenvalue weighted by atomic mass is 10.1. The highest BCUT2D eigenvalue weighted by atomic mass is 35.5. The lowest BCUT2D eigenvalue weighted by molar-refractivity contribution is 0.941. The Morgan fingerprint density at radius 2 is 1.83 bits per heavy atom. The van der Waals surface area contributed by atoms with Crippen LogP contribution in [0.25, 0.3) is 5.69 Å². The summed E-state index contributed by atoms with van der Waals surface area (Å²) in [5.74, 6) is 0.302. The van der Waals surface area contributed by atoms with Gasteiger partial charge in [0.1, 0.15) is 0 Å². The van der Waals surface area contributed by atoms with E-state index in [1.165, 1.54) is 0 Å². The van der Waals surface area contributed by atoms with Crippen LogP contribution in [-0.4, -0.2) is 9.55 Å². The third kappa shape index (κ3) is 3.49. The Morgan fingerprint density at radius 3 is 2.54 bits per heavy atom. The molecule has 3 aromatic rings. The van der Waals surface area contributed by atoms with Gasteiger partial charge in [0.2, 0.25) is 0 Å². The standard InChI is InChI=1S/C19H18ClN3O/c1-13-9-14(2)11-16(10-13)23-8-7-21-18(19(23)24)22-12-15-5-3-4-6-17(15)20/h3-11H,12H2,1-2H3,(H,21,22). The molecule has 0 amide bonds. The van der Waals surface area contributed by atoms with E-state index in [-0.39, 0.29) is 5.56 Å². The molecule has 5 heteroatoms. The minimum Gasteiger partial charge on any atom is -0.361 e. The van der Waals surface area contributed by atoms with E-state index < -0.39 is 0 Å². The molecule has 1 heterocycles. The maximum atomic E-state index is 12.7. The number of aromatic nitrogens is 2. The van der Waals surface area contributed by atoms with Crippen LogP contribution in [0.4, 0.5) is 5.82 Å². The van der Waals surface area contributed by atoms with E-state index in [1.807, 2.05) is 50.2 Å². The van der Waals surface area contributed by atoms with Crippen molar-refractivity contribution in [2.75, 3.05) is 5.32 Å². The molecule has 0 aliphatic rings. The monoisotopic (exact) mass is 339 g/mol. The van der Waals surface area contributed by atoms with Gasteiger partial charge in [-0.05, 0) is 48.7 Å². The molecule has 0 fully saturated rings. The second kappa shape index (κ2) is 6.89. The van der Waals surface area contributed by atoms with Crippen LogP contribution in [0, 0.1) is 13.8 Å². The Balaban J connectivity index is 1.91. The molecule has 4 nitrogen and oxygen atoms in total. The Labute approximate surface area is 145 Å². The molecule has 0 aliphatic carbocycles. The molecule has 122 valence electrons. The van der Waals surface area contributed by atoms with Crippen LogP contribution in [0.2, 0.25) is 5.02 Å². The fourth-order valence-electron chi connectivity index (χ4n) is 2.65. The molecule has 2 aromatic carbocycles. The summed E-state index contributed by atoms with van der Waals surface area (Å²) in [5.41, 5.74) is 3.79. The first-order valence-electron chi connectivity index (χ1n) is 7.68. The Bertz CT molecular complexity index is 914. The van der Waals surface area contributed by atoms with Crippen LogP contribution in [0.5, 0.6) is 0 Å². The summed E-state index contributed by atoms with van der Waals surface area (Å²) in [4.78, 5) is 16.9. The zero-order valence-electron chi connectivity index (χ0n) is 13.6. The molecule has 0 spiro atoms. The predicted octanol–water partition coefficient (Wildman–Crippen LogP) is 4.11. The molecule has 3 rings (SSSR count). The Kier molecular flexibility index (Phi) is 4.67. The number of rotatable bonds is 4. The van der Waals surface area contributed by atoms with Crippen molar-refractivity contribution in [3.05, 3.63) is 86.9 Å². The lowest BCUT2D eigenvalue weighted by Gasteiger charge is -2.11. The highest BCUT2D eigenvalue weighted by molar-refractivity contribution is 6.31. The summed E-state index contributed by atoms with van der Waals surface area (Å²) in [7, 11) is 0. The Morgan fingerprint density at radius 1 is 1.12 bits per heavy atom. The van der Waals surface area contributed by atoms with Crippen molar-refractivity contribution in [2.24, 2.45) is 0 Å². The third-order valence-corrected chi connectivity index (χ3v) is 4.10. The molecular weight excluding hydrogens is 322 g/mol. The van der Waals surface area contributed by atoms with Gasteiger partial charge >= 0.3 is 0 Å². The normalized spacial score (nSPS) is 10.6. The van der Waals surface area contributed by atoms with E-state index in [9.17, 15) is 4.79 Å². The minimum atomic E-state index is -0.186. The van der Waals surface area contributed by atoms with Crippen molar-refractivity contribution in [3.63, 3.8) is 0 Å². The van der Waals surface area contributed by atoms with Gasteiger partial charge in [0, 0.05) is 29.6 Å². The summed E-state index contributed by atoms with van der Waals surface area (Å²) < 4.78 is 1.60. The first-order chi connectivity index (χ1) is 11.5. The quantitative estimate of drug-likeness (QED) is 0.778. The molecule has 24 heavy (non-hydrogen) atoms. The smallest absolute Gasteiger partial charge is 0.297 e. The van der Waals surface area contributed by atoms with Crippen molar-refractivity contribution >= 4 is 17.4 Å². The molecule has 0 unspecified atom stereocenters. The van der Waals surface area contributed by atoms with Gasteiger partial charge in [0.15, 0.2) is 5.82 Å². The third-order valence-electron chi connectivity index (χ3n) is 3.73. The first kappa shape index (κ1) is 16.3. The summed E-state index contributed by atoms with van der Waals surface area (Å²) in [5, 5.41) is 3.74. The number of hydrogen-bond acceptors (Lipinski definition) is 3. The van der Waals surface area contributed by atoms with Crippen molar-refractivity contribution in [2.45, 2.75) is 20.4 Å². The van der Waals surface area contributed by atoms with Gasteiger partial charge in [-0.3, -0.25) is 9.36 Å². The lowest BCUT2D eigenvalue weighted by Crippen LogP contribution is -2.23. The summed E-state index contributed by atoms with van der Waals surface area (Å²) in [6, 6.07) is 13.6. The van der Waals surface area contributed by atoms with Crippen molar-refractivity contribution < 1.29 is 0 Å². The van der Waals surface area contributed by atoms with Gasteiger partial charge in [0.05, 0.1) is 0 Å². The minimum absolute atomic E-state index is 0.186. The zero-order valence-corrected chi connectivity index (χ0v) is 14.3. The summed E-state index contributed by atoms with van der Waals surface area (Å²) in [6.45, 7) is 4.47. The topological polar surface area (TPSA) is 46.9 Å². The molecular formula is C19H18ClN3O. The maximum absolute atomic E-state index is 12.7. The maximum Gasteiger partial charge on any atom is 0.297 e. The predicted molar refractivity (Wildman–Crippen MR) is 98.1 cm³/mol. The van der Waals surface area contributed by atoms with E-state index in [0.29, 0.717) is 17.4 Å². The van der Waals surface area contributed by atoms with Crippen LogP contribution in [0.1, 0.15) is 16.7 Å². The molecule has 0 atom stereocenters. The van der Waals surface area contributed by atoms with E-state index in [0.717, 1.165) is 22.4 Å². The average molecular weight is 340 g/mol. The number of aryl methyl sites for hydroxylation is 2. The fourth-order valence-corrected chi connectivity index (χ4v) is 2.85. The summed E-state index contributed by atoms with van der Waals surface area (Å²) in [6.07, 6.45) is 3.30. The molecule has 0 bridgehead atoms. The number of benzene rings is 2. The zero-order chi connectivity index (χ0) is 17.1. The largest absolute Gasteiger partial charge is 0.361 e. The molecule has 1 aromatic heterocycles. The molecule has 1 N–H and O–H groups in total. The van der Waals surface area contributed by atoms with E-state index in [4.69, 9.17) is 11.6 Å². The van der Waals surface area contributed by atoms with E-state index in [2.05, 4.69) is 16.4 Å². The second-order valence-electron chi connectivity index (χ2n) is 5.74. The van der Waals surface area contributed by atoms with Crippen molar-refractivity contribution in [1.29, 1.82) is 0 Å². The number of nitrogens with zero attached hydrogens (tertiary/aromatic N) is 2. The SMILES string of the molecule is Cc1cc(C)cc(-n2ccnc(NCc3ccccc3Cl)c2=O)c1. The number of anilines is 1. The van der Waals surface area contributed by atoms with Crippen LogP contribution < -0.4 is 10.9 Å². The van der Waals surface area contributed by atoms with Crippen LogP contribution in [0.15, 0.2) is 59.7 Å². The van der Waals surface area contributed by atoms with Crippen molar-refractivity contribution in [3.8, 4) is 5.69 Å². The van der Waals surface area contributed by atoms with Crippen molar-refractivity contribution in [1.82, 2.24) is 9.55 Å². The van der Waals surface area contributed by atoms with Gasteiger partial charge in [-0.2, -0.15) is 0 Å². The van der Waals surface area contributed by atoms with Crippen LogP contribution in [0.3, 0.4) is 0 Å². The fraction of sp³-hybridized carbons (Fsp3) is 0.158. The number of nitrogens with one attached hydrogen (secondary N) is 1. The summed E-state index contributed by atoms with van der Waals surface area (Å²) >= 11 is 6.15. The first-order valence-corrected chi connectivity index (χ1v) is 8.06. The van der Waals surface area contributed by atoms with E-state index in [1.54, 1.807) is 17.0 Å². The average Bonchev–Trinajstić information content (AvgIpc) is 2.54. The molecule has 0 aliphatic heterocycles. The number of hydrogen-bond donors (Lipinski definition) is 1. The second-order valence-corrected chi connectivity index (χ2v) is 6.15. The molecule has 0 saturated heterocycles. The Hall–Kier alpha value is -2.59. The van der Waals surface area contributed by atoms with Gasteiger partial charge in [0.25, 0.3) is 5.56 Å². The number of halogens is 1. The molecule has 0 saturated carbocycles. The highest BCUT2D eigenvalue weighted by Gasteiger charge is 2.08. The van der Waals surface area contributed by atoms with Gasteiger partial charge < -0.3 is 5.32 Å². The van der Waals surface area contributed by atoms with Gasteiger partial charge in [-0.25, -0.2) is 4.98 Å². The van der Waals surface area contributed by atoms with Gasteiger partial charge in [-0.1, -0.05) is 35.9 Å². The highest BCUT2D eigenvalue weighted by Crippen LogP contribution is 2.16. The molecule has 0 radical (unpaired) electrons.